The van der Waals surface area contributed by atoms with Gasteiger partial charge in [0.25, 0.3) is 5.56 Å². The summed E-state index contributed by atoms with van der Waals surface area (Å²) < 4.78 is 7.66. The van der Waals surface area contributed by atoms with E-state index in [0.717, 1.165) is 48.8 Å². The molecule has 6 nitrogen and oxygen atoms in total. The standard InChI is InChI=1S/C24H25N3O3/c1-16(27-23(29)18-9-3-2-8-17(18)15-25-27)22(28)26-20-14-24(12-6-7-13-24)30-21-11-5-4-10-19(20)21/h2-5,8-11,15-16,20H,6-7,12-14H2,1H3,(H,26,28)/t16-,20+/m1/s1. The number of aromatic nitrogens is 2. The summed E-state index contributed by atoms with van der Waals surface area (Å²) in [6.45, 7) is 1.72. The fraction of sp³-hybridized carbons (Fsp3) is 0.375. The van der Waals surface area contributed by atoms with Crippen LogP contribution in [0, 0.1) is 0 Å². The first kappa shape index (κ1) is 18.9. The number of benzene rings is 2. The first-order valence-electron chi connectivity index (χ1n) is 10.6. The highest BCUT2D eigenvalue weighted by Crippen LogP contribution is 2.47. The highest BCUT2D eigenvalue weighted by Gasteiger charge is 2.43. The molecule has 0 saturated heterocycles. The van der Waals surface area contributed by atoms with E-state index >= 15 is 0 Å². The smallest absolute Gasteiger partial charge is 0.275 e. The third kappa shape index (κ3) is 3.16. The summed E-state index contributed by atoms with van der Waals surface area (Å²) in [6, 6.07) is 14.4. The molecule has 0 bridgehead atoms. The number of rotatable bonds is 3. The third-order valence-corrected chi connectivity index (χ3v) is 6.50. The van der Waals surface area contributed by atoms with Crippen LogP contribution in [0.4, 0.5) is 0 Å². The van der Waals surface area contributed by atoms with Gasteiger partial charge in [-0.25, -0.2) is 4.68 Å². The van der Waals surface area contributed by atoms with Crippen LogP contribution in [0.3, 0.4) is 0 Å². The monoisotopic (exact) mass is 403 g/mol. The largest absolute Gasteiger partial charge is 0.487 e. The highest BCUT2D eigenvalue weighted by molar-refractivity contribution is 5.83. The van der Waals surface area contributed by atoms with Gasteiger partial charge in [0.2, 0.25) is 5.91 Å². The molecule has 2 aromatic carbocycles. The molecule has 1 fully saturated rings. The molecule has 1 N–H and O–H groups in total. The Labute approximate surface area is 174 Å². The summed E-state index contributed by atoms with van der Waals surface area (Å²) in [5.74, 6) is 0.638. The van der Waals surface area contributed by atoms with Gasteiger partial charge in [-0.15, -0.1) is 0 Å². The van der Waals surface area contributed by atoms with Crippen molar-refractivity contribution in [2.45, 2.75) is 56.7 Å². The van der Waals surface area contributed by atoms with Gasteiger partial charge in [0.05, 0.1) is 17.6 Å². The number of para-hydroxylation sites is 1. The van der Waals surface area contributed by atoms with Crippen LogP contribution in [0.25, 0.3) is 10.8 Å². The molecule has 2 aliphatic rings. The normalized spacial score (nSPS) is 20.5. The van der Waals surface area contributed by atoms with Crippen molar-refractivity contribution in [3.63, 3.8) is 0 Å². The topological polar surface area (TPSA) is 73.2 Å². The molecule has 1 spiro atoms. The molecular formula is C24H25N3O3. The van der Waals surface area contributed by atoms with Crippen molar-refractivity contribution in [1.82, 2.24) is 15.1 Å². The molecule has 154 valence electrons. The Morgan fingerprint density at radius 3 is 2.73 bits per heavy atom. The maximum atomic E-state index is 13.2. The maximum Gasteiger partial charge on any atom is 0.275 e. The Morgan fingerprint density at radius 1 is 1.17 bits per heavy atom. The number of fused-ring (bicyclic) bond motifs is 2. The SMILES string of the molecule is C[C@H](C(=O)N[C@H]1CC2(CCCC2)Oc2ccccc21)n1ncc2ccccc2c1=O. The number of hydrogen-bond donors (Lipinski definition) is 1. The zero-order valence-corrected chi connectivity index (χ0v) is 17.0. The van der Waals surface area contributed by atoms with Gasteiger partial charge in [0, 0.05) is 17.4 Å². The van der Waals surface area contributed by atoms with Gasteiger partial charge in [-0.2, -0.15) is 5.10 Å². The Balaban J connectivity index is 1.43. The molecule has 1 aliphatic heterocycles. The van der Waals surface area contributed by atoms with Gasteiger partial charge in [0.1, 0.15) is 17.4 Å². The van der Waals surface area contributed by atoms with Gasteiger partial charge in [-0.3, -0.25) is 9.59 Å². The lowest BCUT2D eigenvalue weighted by Crippen LogP contribution is -2.45. The number of hydrogen-bond acceptors (Lipinski definition) is 4. The minimum Gasteiger partial charge on any atom is -0.487 e. The maximum absolute atomic E-state index is 13.2. The summed E-state index contributed by atoms with van der Waals surface area (Å²) in [5.41, 5.74) is 0.540. The Hall–Kier alpha value is -3.15. The number of amides is 1. The van der Waals surface area contributed by atoms with Gasteiger partial charge in [-0.1, -0.05) is 36.4 Å². The third-order valence-electron chi connectivity index (χ3n) is 6.50. The predicted octanol–water partition coefficient (Wildman–Crippen LogP) is 3.91. The molecule has 3 aromatic rings. The second kappa shape index (κ2) is 7.27. The zero-order valence-electron chi connectivity index (χ0n) is 17.0. The Bertz CT molecular complexity index is 1160. The fourth-order valence-corrected chi connectivity index (χ4v) is 4.86. The van der Waals surface area contributed by atoms with E-state index in [2.05, 4.69) is 10.4 Å². The summed E-state index contributed by atoms with van der Waals surface area (Å²) >= 11 is 0. The van der Waals surface area contributed by atoms with Crippen molar-refractivity contribution in [1.29, 1.82) is 0 Å². The molecule has 0 unspecified atom stereocenters. The number of ether oxygens (including phenoxy) is 1. The Kier molecular flexibility index (Phi) is 4.57. The van der Waals surface area contributed by atoms with E-state index in [1.54, 1.807) is 19.2 Å². The zero-order chi connectivity index (χ0) is 20.7. The molecule has 5 rings (SSSR count). The average Bonchev–Trinajstić information content (AvgIpc) is 3.21. The summed E-state index contributed by atoms with van der Waals surface area (Å²) in [6.07, 6.45) is 6.70. The van der Waals surface area contributed by atoms with E-state index in [1.807, 2.05) is 42.5 Å². The van der Waals surface area contributed by atoms with Crippen LogP contribution in [-0.2, 0) is 4.79 Å². The first-order valence-corrected chi connectivity index (χ1v) is 10.6. The number of carbonyl (C=O) groups is 1. The number of nitrogens with one attached hydrogen (secondary N) is 1. The van der Waals surface area contributed by atoms with E-state index in [4.69, 9.17) is 4.74 Å². The van der Waals surface area contributed by atoms with Crippen molar-refractivity contribution in [3.8, 4) is 5.75 Å². The molecule has 2 heterocycles. The highest BCUT2D eigenvalue weighted by atomic mass is 16.5. The quantitative estimate of drug-likeness (QED) is 0.720. The minimum absolute atomic E-state index is 0.140. The molecule has 0 radical (unpaired) electrons. The van der Waals surface area contributed by atoms with Crippen molar-refractivity contribution in [3.05, 3.63) is 70.6 Å². The molecule has 1 aliphatic carbocycles. The summed E-state index contributed by atoms with van der Waals surface area (Å²) in [5, 5.41) is 8.77. The van der Waals surface area contributed by atoms with Gasteiger partial charge in [0.15, 0.2) is 0 Å². The van der Waals surface area contributed by atoms with Crippen LogP contribution < -0.4 is 15.6 Å². The van der Waals surface area contributed by atoms with E-state index < -0.39 is 6.04 Å². The first-order chi connectivity index (χ1) is 14.6. The van der Waals surface area contributed by atoms with E-state index in [-0.39, 0.29) is 23.1 Å². The fourth-order valence-electron chi connectivity index (χ4n) is 4.86. The van der Waals surface area contributed by atoms with Crippen molar-refractivity contribution in [2.75, 3.05) is 0 Å². The lowest BCUT2D eigenvalue weighted by Gasteiger charge is -2.40. The molecule has 1 amide bonds. The van der Waals surface area contributed by atoms with Crippen molar-refractivity contribution in [2.24, 2.45) is 0 Å². The average molecular weight is 403 g/mol. The van der Waals surface area contributed by atoms with Crippen LogP contribution in [0.2, 0.25) is 0 Å². The molecule has 1 saturated carbocycles. The van der Waals surface area contributed by atoms with E-state index in [9.17, 15) is 9.59 Å². The van der Waals surface area contributed by atoms with E-state index in [0.29, 0.717) is 5.39 Å². The second-order valence-corrected chi connectivity index (χ2v) is 8.45. The van der Waals surface area contributed by atoms with Crippen LogP contribution in [0.15, 0.2) is 59.5 Å². The molecule has 1 aromatic heterocycles. The van der Waals surface area contributed by atoms with Gasteiger partial charge in [-0.05, 0) is 44.7 Å². The van der Waals surface area contributed by atoms with Gasteiger partial charge < -0.3 is 10.1 Å². The molecular weight excluding hydrogens is 378 g/mol. The lowest BCUT2D eigenvalue weighted by molar-refractivity contribution is -0.125. The minimum atomic E-state index is -0.711. The predicted molar refractivity (Wildman–Crippen MR) is 114 cm³/mol. The lowest BCUT2D eigenvalue weighted by atomic mass is 9.86. The van der Waals surface area contributed by atoms with Crippen LogP contribution >= 0.6 is 0 Å². The van der Waals surface area contributed by atoms with Crippen LogP contribution in [0.1, 0.15) is 56.7 Å². The second-order valence-electron chi connectivity index (χ2n) is 8.45. The van der Waals surface area contributed by atoms with Crippen molar-refractivity contribution < 1.29 is 9.53 Å². The molecule has 6 heteroatoms. The van der Waals surface area contributed by atoms with Crippen LogP contribution in [0.5, 0.6) is 5.75 Å². The number of nitrogens with zero attached hydrogens (tertiary/aromatic N) is 2. The van der Waals surface area contributed by atoms with Gasteiger partial charge >= 0.3 is 0 Å². The molecule has 30 heavy (non-hydrogen) atoms. The molecule has 2 atom stereocenters. The van der Waals surface area contributed by atoms with E-state index in [1.165, 1.54) is 4.68 Å². The summed E-state index contributed by atoms with van der Waals surface area (Å²) in [7, 11) is 0. The van der Waals surface area contributed by atoms with Crippen LogP contribution in [-0.4, -0.2) is 21.3 Å². The van der Waals surface area contributed by atoms with Crippen molar-refractivity contribution >= 4 is 16.7 Å². The summed E-state index contributed by atoms with van der Waals surface area (Å²) in [4.78, 5) is 26.0. The Morgan fingerprint density at radius 2 is 1.90 bits per heavy atom. The number of carbonyl (C=O) groups excluding carboxylic acids is 1.